The van der Waals surface area contributed by atoms with Gasteiger partial charge in [0, 0.05) is 6.42 Å². The lowest BCUT2D eigenvalue weighted by Crippen LogP contribution is -2.50. The van der Waals surface area contributed by atoms with Crippen LogP contribution >= 0.6 is 7.44 Å². The van der Waals surface area contributed by atoms with Crippen LogP contribution in [0.3, 0.4) is 0 Å². The van der Waals surface area contributed by atoms with Crippen LogP contribution in [-0.2, 0) is 30.0 Å². The van der Waals surface area contributed by atoms with E-state index in [9.17, 15) is 19.3 Å². The Morgan fingerprint density at radius 2 is 1.79 bits per heavy atom. The molecule has 0 radical (unpaired) electrons. The Bertz CT molecular complexity index is 1350. The summed E-state index contributed by atoms with van der Waals surface area (Å²) in [5.41, 5.74) is 17.0. The second kappa shape index (κ2) is 18.3. The van der Waals surface area contributed by atoms with Crippen molar-refractivity contribution in [1.29, 1.82) is 0 Å². The largest absolute Gasteiger partial charge is 0.512 e. The zero-order valence-electron chi connectivity index (χ0n) is 30.0. The first kappa shape index (κ1) is 39.7. The molecule has 0 aromatic heterocycles. The zero-order valence-corrected chi connectivity index (χ0v) is 30.9. The fourth-order valence-corrected chi connectivity index (χ4v) is 8.43. The number of hydrogen-bond acceptors (Lipinski definition) is 9. The quantitative estimate of drug-likeness (QED) is 0.0709. The van der Waals surface area contributed by atoms with Crippen molar-refractivity contribution in [3.8, 4) is 5.75 Å². The molecule has 0 spiro atoms. The van der Waals surface area contributed by atoms with Crippen molar-refractivity contribution in [3.63, 3.8) is 0 Å². The summed E-state index contributed by atoms with van der Waals surface area (Å²) in [6, 6.07) is 2.07. The van der Waals surface area contributed by atoms with Crippen molar-refractivity contribution in [1.82, 2.24) is 10.2 Å². The van der Waals surface area contributed by atoms with Gasteiger partial charge in [-0.2, -0.15) is 0 Å². The van der Waals surface area contributed by atoms with Crippen LogP contribution in [0.4, 0.5) is 0 Å². The maximum absolute atomic E-state index is 14.7. The van der Waals surface area contributed by atoms with Crippen LogP contribution in [0.25, 0.3) is 0 Å². The van der Waals surface area contributed by atoms with Gasteiger partial charge in [0.05, 0.1) is 11.9 Å². The molecule has 5 atom stereocenters. The van der Waals surface area contributed by atoms with Crippen molar-refractivity contribution in [2.45, 2.75) is 124 Å². The number of hydrogen-bond donors (Lipinski definition) is 5. The van der Waals surface area contributed by atoms with Gasteiger partial charge in [0.15, 0.2) is 6.35 Å². The molecule has 0 amide bonds. The lowest BCUT2D eigenvalue weighted by Gasteiger charge is -2.36. The molecule has 1 aliphatic heterocycles. The first-order valence-corrected chi connectivity index (χ1v) is 19.4. The van der Waals surface area contributed by atoms with E-state index in [1.165, 1.54) is 11.1 Å². The van der Waals surface area contributed by atoms with Crippen molar-refractivity contribution in [2.24, 2.45) is 23.3 Å². The van der Waals surface area contributed by atoms with Crippen molar-refractivity contribution >= 4 is 19.4 Å². The van der Waals surface area contributed by atoms with Gasteiger partial charge < -0.3 is 30.8 Å². The predicted octanol–water partition coefficient (Wildman–Crippen LogP) is 5.86. The monoisotopic (exact) mass is 690 g/mol. The predicted molar refractivity (Wildman–Crippen MR) is 190 cm³/mol. The summed E-state index contributed by atoms with van der Waals surface area (Å²) in [6.45, 7) is 14.5. The molecule has 48 heavy (non-hydrogen) atoms. The van der Waals surface area contributed by atoms with Crippen LogP contribution in [0.15, 0.2) is 35.1 Å². The third kappa shape index (κ3) is 11.4. The average molecular weight is 691 g/mol. The van der Waals surface area contributed by atoms with Gasteiger partial charge in [-0.3, -0.25) is 14.2 Å². The fraction of sp³-hybridized carbons (Fsp3) is 0.667. The first-order valence-electron chi connectivity index (χ1n) is 17.5. The van der Waals surface area contributed by atoms with Gasteiger partial charge in [-0.05, 0) is 132 Å². The summed E-state index contributed by atoms with van der Waals surface area (Å²) in [5, 5.41) is 16.4. The Morgan fingerprint density at radius 3 is 2.40 bits per heavy atom. The number of unbranched alkanes of at least 4 members (excludes halogenated alkanes) is 1. The number of aliphatic hydroxyl groups is 1. The van der Waals surface area contributed by atoms with Crippen LogP contribution < -0.4 is 26.4 Å². The van der Waals surface area contributed by atoms with Gasteiger partial charge in [0.25, 0.3) is 0 Å². The van der Waals surface area contributed by atoms with E-state index in [2.05, 4.69) is 30.1 Å². The van der Waals surface area contributed by atoms with Gasteiger partial charge in [-0.15, -0.1) is 0 Å². The van der Waals surface area contributed by atoms with Gasteiger partial charge in [-0.25, -0.2) is 10.2 Å². The number of aliphatic hydroxyl groups excluding tert-OH is 1. The number of nitrogens with one attached hydrogen (secondary N) is 2. The number of aryl methyl sites for hydroxylation is 2. The molecular formula is C36H59N4O7P. The molecule has 2 aliphatic rings. The molecule has 1 aromatic carbocycles. The highest BCUT2D eigenvalue weighted by Crippen LogP contribution is 2.41. The van der Waals surface area contributed by atoms with Crippen LogP contribution in [0.1, 0.15) is 96.3 Å². The summed E-state index contributed by atoms with van der Waals surface area (Å²) in [6.07, 6.45) is 6.06. The highest BCUT2D eigenvalue weighted by molar-refractivity contribution is 7.59. The average Bonchev–Trinajstić information content (AvgIpc) is 3.00. The fourth-order valence-electron chi connectivity index (χ4n) is 6.43. The Kier molecular flexibility index (Phi) is 15.2. The number of benzene rings is 1. The maximum Gasteiger partial charge on any atom is 0.323 e. The van der Waals surface area contributed by atoms with Crippen LogP contribution in [-0.4, -0.2) is 60.8 Å². The number of rotatable bonds is 18. The molecule has 1 aromatic rings. The second-order valence-corrected chi connectivity index (χ2v) is 16.2. The summed E-state index contributed by atoms with van der Waals surface area (Å²) in [4.78, 5) is 26.2. The minimum absolute atomic E-state index is 0.000905. The van der Waals surface area contributed by atoms with Crippen molar-refractivity contribution in [2.75, 3.05) is 19.4 Å². The van der Waals surface area contributed by atoms with Crippen LogP contribution in [0.5, 0.6) is 5.75 Å². The number of carbonyl (C=O) groups is 2. The molecule has 5 unspecified atom stereocenters. The van der Waals surface area contributed by atoms with E-state index in [1.807, 2.05) is 32.9 Å². The SMILES string of the molecule is Cc1cc(OCP(=O)(NC(CCCCN)C(=O)OC(C)C)NC2CC(CCN)C(C)OC2=O)cc(C)c1CC1=CC(C(C)C)=C(O)CC1. The van der Waals surface area contributed by atoms with Gasteiger partial charge in [0.2, 0.25) is 7.44 Å². The minimum atomic E-state index is -3.78. The van der Waals surface area contributed by atoms with E-state index in [0.29, 0.717) is 63.1 Å². The number of ether oxygens (including phenoxy) is 3. The zero-order chi connectivity index (χ0) is 35.6. The molecular weight excluding hydrogens is 631 g/mol. The molecule has 0 bridgehead atoms. The molecule has 3 rings (SSSR count). The lowest BCUT2D eigenvalue weighted by molar-refractivity contribution is -0.160. The molecule has 0 saturated carbocycles. The van der Waals surface area contributed by atoms with Gasteiger partial charge in [-0.1, -0.05) is 31.9 Å². The van der Waals surface area contributed by atoms with E-state index in [1.54, 1.807) is 13.8 Å². The van der Waals surface area contributed by atoms with Crippen molar-refractivity contribution in [3.05, 3.63) is 51.8 Å². The number of nitrogens with two attached hydrogens (primary N) is 2. The summed E-state index contributed by atoms with van der Waals surface area (Å²) in [7, 11) is -3.78. The Morgan fingerprint density at radius 1 is 1.10 bits per heavy atom. The minimum Gasteiger partial charge on any atom is -0.512 e. The smallest absolute Gasteiger partial charge is 0.323 e. The molecule has 7 N–H and O–H groups in total. The van der Waals surface area contributed by atoms with E-state index < -0.39 is 31.5 Å². The Hall–Kier alpha value is -2.69. The Labute approximate surface area is 287 Å². The van der Waals surface area contributed by atoms with Crippen LogP contribution in [0.2, 0.25) is 0 Å². The highest BCUT2D eigenvalue weighted by Gasteiger charge is 2.41. The van der Waals surface area contributed by atoms with Crippen molar-refractivity contribution < 1.29 is 33.5 Å². The van der Waals surface area contributed by atoms with Gasteiger partial charge in [0.1, 0.15) is 23.9 Å². The third-order valence-corrected chi connectivity index (χ3v) is 11.1. The van der Waals surface area contributed by atoms with E-state index in [-0.39, 0.29) is 30.4 Å². The van der Waals surface area contributed by atoms with E-state index >= 15 is 0 Å². The summed E-state index contributed by atoms with van der Waals surface area (Å²) < 4.78 is 32.1. The standard InChI is InChI=1S/C36H59N4O7P/c1-22(2)30-18-27(11-12-34(30)41)19-31-24(5)16-29(17-25(31)6)45-21-48(44,39-32(10-8-9-14-37)35(42)46-23(3)4)40-33-20-28(13-15-38)26(7)47-36(33)43/h16-18,22-23,26,28,32-33,41H,8-15,19-21,37-38H2,1-7H3,(H2,39,40,44). The number of carbonyl (C=O) groups excluding carboxylic acids is 2. The summed E-state index contributed by atoms with van der Waals surface area (Å²) >= 11 is 0. The molecule has 1 heterocycles. The normalized spacial score (nSPS) is 21.9. The number of cyclic esters (lactones) is 1. The number of esters is 2. The first-order chi connectivity index (χ1) is 22.7. The number of allylic oxidation sites excluding steroid dienone is 4. The third-order valence-electron chi connectivity index (χ3n) is 9.12. The second-order valence-electron chi connectivity index (χ2n) is 13.9. The van der Waals surface area contributed by atoms with E-state index in [0.717, 1.165) is 29.5 Å². The topological polar surface area (TPSA) is 175 Å². The maximum atomic E-state index is 14.7. The highest BCUT2D eigenvalue weighted by atomic mass is 31.2. The van der Waals surface area contributed by atoms with Crippen LogP contribution in [0, 0.1) is 25.7 Å². The van der Waals surface area contributed by atoms with Gasteiger partial charge >= 0.3 is 11.9 Å². The Balaban J connectivity index is 1.87. The van der Waals surface area contributed by atoms with E-state index in [4.69, 9.17) is 25.7 Å². The molecule has 1 fully saturated rings. The lowest BCUT2D eigenvalue weighted by atomic mass is 9.86. The molecule has 1 aliphatic carbocycles. The summed E-state index contributed by atoms with van der Waals surface area (Å²) in [5.74, 6) is 0.220. The molecule has 270 valence electrons. The molecule has 12 heteroatoms. The molecule has 11 nitrogen and oxygen atoms in total. The molecule has 1 saturated heterocycles.